The van der Waals surface area contributed by atoms with E-state index in [4.69, 9.17) is 58.6 Å². The summed E-state index contributed by atoms with van der Waals surface area (Å²) in [5, 5.41) is 13.1. The van der Waals surface area contributed by atoms with Gasteiger partial charge in [0.25, 0.3) is 5.91 Å². The van der Waals surface area contributed by atoms with Crippen LogP contribution in [0.2, 0.25) is 20.1 Å². The Morgan fingerprint density at radius 3 is 1.70 bits per heavy atom. The second-order valence-electron chi connectivity index (χ2n) is 8.35. The smallest absolute Gasteiger partial charge is 0.355 e. The summed E-state index contributed by atoms with van der Waals surface area (Å²) in [5.74, 6) is -0.513. The Kier molecular flexibility index (Phi) is 9.33. The number of alkyl halides is 3. The van der Waals surface area contributed by atoms with E-state index >= 15 is 0 Å². The predicted molar refractivity (Wildman–Crippen MR) is 162 cm³/mol. The van der Waals surface area contributed by atoms with Gasteiger partial charge in [-0.25, -0.2) is 0 Å². The number of thiocarbonyl (C=S) groups is 1. The molecule has 0 aliphatic carbocycles. The molecule has 4 N–H and O–H groups in total. The Balaban J connectivity index is 1.63. The van der Waals surface area contributed by atoms with E-state index in [2.05, 4.69) is 21.3 Å². The quantitative estimate of drug-likeness (QED) is 0.157. The number of carbonyl (C=O) groups excluding carboxylic acids is 1. The van der Waals surface area contributed by atoms with E-state index in [1.54, 1.807) is 36.4 Å². The van der Waals surface area contributed by atoms with Crippen LogP contribution in [0.4, 0.5) is 41.6 Å². The predicted octanol–water partition coefficient (Wildman–Crippen LogP) is 10.1. The molecule has 0 aliphatic rings. The first-order chi connectivity index (χ1) is 18.8. The van der Waals surface area contributed by atoms with Crippen molar-refractivity contribution < 1.29 is 18.0 Å². The van der Waals surface area contributed by atoms with Gasteiger partial charge in [-0.15, -0.1) is 0 Å². The van der Waals surface area contributed by atoms with Crippen molar-refractivity contribution in [3.63, 3.8) is 0 Å². The van der Waals surface area contributed by atoms with Crippen molar-refractivity contribution >= 4 is 98.1 Å². The average molecular weight is 644 g/mol. The Morgan fingerprint density at radius 2 is 1.12 bits per heavy atom. The van der Waals surface area contributed by atoms with E-state index in [1.807, 2.05) is 0 Å². The molecule has 0 fully saturated rings. The van der Waals surface area contributed by atoms with Gasteiger partial charge in [-0.05, 0) is 85.0 Å². The third-order valence-corrected chi connectivity index (χ3v) is 6.25. The number of amides is 1. The summed E-state index contributed by atoms with van der Waals surface area (Å²) in [5.41, 5.74) is 1.16. The zero-order chi connectivity index (χ0) is 29.0. The fourth-order valence-electron chi connectivity index (χ4n) is 3.59. The lowest BCUT2D eigenvalue weighted by Gasteiger charge is -2.16. The van der Waals surface area contributed by atoms with E-state index in [9.17, 15) is 18.0 Å². The van der Waals surface area contributed by atoms with Gasteiger partial charge < -0.3 is 21.3 Å². The van der Waals surface area contributed by atoms with E-state index in [0.717, 1.165) is 12.1 Å². The number of anilines is 5. The molecule has 0 heterocycles. The monoisotopic (exact) mass is 642 g/mol. The van der Waals surface area contributed by atoms with Gasteiger partial charge in [0, 0.05) is 54.1 Å². The second-order valence-corrected chi connectivity index (χ2v) is 10.5. The number of halogens is 7. The average Bonchev–Trinajstić information content (AvgIpc) is 2.82. The minimum absolute atomic E-state index is 0.161. The largest absolute Gasteiger partial charge is 0.416 e. The van der Waals surface area contributed by atoms with Crippen LogP contribution in [0.25, 0.3) is 0 Å². The van der Waals surface area contributed by atoms with Crippen molar-refractivity contribution in [3.05, 3.63) is 110 Å². The van der Waals surface area contributed by atoms with Gasteiger partial charge in [-0.3, -0.25) is 4.79 Å². The van der Waals surface area contributed by atoms with Gasteiger partial charge in [-0.1, -0.05) is 52.5 Å². The molecule has 1 amide bonds. The van der Waals surface area contributed by atoms with Crippen molar-refractivity contribution in [2.24, 2.45) is 0 Å². The maximum Gasteiger partial charge on any atom is 0.416 e. The Morgan fingerprint density at radius 1 is 0.625 bits per heavy atom. The first kappa shape index (κ1) is 29.8. The van der Waals surface area contributed by atoms with Crippen LogP contribution in [0.1, 0.15) is 15.9 Å². The van der Waals surface area contributed by atoms with Gasteiger partial charge in [0.2, 0.25) is 0 Å². The number of hydrogen-bond acceptors (Lipinski definition) is 3. The Hall–Kier alpha value is -3.21. The molecule has 0 radical (unpaired) electrons. The van der Waals surface area contributed by atoms with Crippen molar-refractivity contribution in [1.82, 2.24) is 0 Å². The summed E-state index contributed by atoms with van der Waals surface area (Å²) >= 11 is 29.5. The van der Waals surface area contributed by atoms with E-state index < -0.39 is 17.6 Å². The highest BCUT2D eigenvalue weighted by Gasteiger charge is 2.30. The molecule has 4 rings (SSSR count). The van der Waals surface area contributed by atoms with E-state index in [0.29, 0.717) is 32.8 Å². The maximum absolute atomic E-state index is 13.2. The molecule has 0 aliphatic heterocycles. The molecular formula is C27H17Cl4F3N4OS. The van der Waals surface area contributed by atoms with Gasteiger partial charge >= 0.3 is 6.18 Å². The number of carbonyl (C=O) groups is 1. The summed E-state index contributed by atoms with van der Waals surface area (Å²) < 4.78 is 39.7. The number of hydrogen-bond donors (Lipinski definition) is 4. The molecule has 0 saturated carbocycles. The highest BCUT2D eigenvalue weighted by atomic mass is 35.5. The topological polar surface area (TPSA) is 65.2 Å². The molecule has 0 spiro atoms. The first-order valence-corrected chi connectivity index (χ1v) is 13.2. The summed E-state index contributed by atoms with van der Waals surface area (Å²) in [6.07, 6.45) is -4.51. The highest BCUT2D eigenvalue weighted by Crippen LogP contribution is 2.33. The summed E-state index contributed by atoms with van der Waals surface area (Å²) in [4.78, 5) is 12.9. The fourth-order valence-corrected chi connectivity index (χ4v) is 4.88. The van der Waals surface area contributed by atoms with Crippen LogP contribution in [-0.2, 0) is 6.18 Å². The van der Waals surface area contributed by atoms with Crippen LogP contribution < -0.4 is 21.3 Å². The molecule has 0 bridgehead atoms. The normalized spacial score (nSPS) is 11.1. The Bertz CT molecular complexity index is 1560. The molecule has 4 aromatic rings. The Labute approximate surface area is 252 Å². The fraction of sp³-hybridized carbons (Fsp3) is 0.0370. The third kappa shape index (κ3) is 8.39. The molecule has 0 saturated heterocycles. The SMILES string of the molecule is O=C(Nc1cc(NC(=S)Nc2cc(Cl)cc(Cl)c2)cc(Nc2cccc(C(F)(F)F)c2)c1)c1cc(Cl)cc(Cl)c1. The van der Waals surface area contributed by atoms with Crippen molar-refractivity contribution in [2.75, 3.05) is 21.3 Å². The van der Waals surface area contributed by atoms with Crippen molar-refractivity contribution in [2.45, 2.75) is 6.18 Å². The van der Waals surface area contributed by atoms with Crippen LogP contribution in [-0.4, -0.2) is 11.0 Å². The van der Waals surface area contributed by atoms with E-state index in [1.165, 1.54) is 30.3 Å². The lowest BCUT2D eigenvalue weighted by molar-refractivity contribution is -0.137. The van der Waals surface area contributed by atoms with E-state index in [-0.39, 0.29) is 26.4 Å². The van der Waals surface area contributed by atoms with Crippen LogP contribution in [0.15, 0.2) is 78.9 Å². The van der Waals surface area contributed by atoms with Gasteiger partial charge in [0.05, 0.1) is 5.56 Å². The third-order valence-electron chi connectivity index (χ3n) is 5.17. The van der Waals surface area contributed by atoms with Gasteiger partial charge in [0.15, 0.2) is 5.11 Å². The van der Waals surface area contributed by atoms with Crippen LogP contribution in [0.3, 0.4) is 0 Å². The van der Waals surface area contributed by atoms with Crippen LogP contribution in [0.5, 0.6) is 0 Å². The molecule has 206 valence electrons. The molecule has 0 unspecified atom stereocenters. The summed E-state index contributed by atoms with van der Waals surface area (Å²) in [7, 11) is 0. The molecule has 0 aromatic heterocycles. The number of nitrogens with one attached hydrogen (secondary N) is 4. The molecule has 5 nitrogen and oxygen atoms in total. The zero-order valence-corrected chi connectivity index (χ0v) is 23.8. The zero-order valence-electron chi connectivity index (χ0n) is 20.0. The standard InChI is InChI=1S/C27H17Cl4F3N4OS/c28-16-4-14(5-17(29)7-16)25(39)36-23-11-22(35-20-3-1-2-15(6-20)27(32,33)34)12-24(13-23)38-26(40)37-21-9-18(30)8-19(31)10-21/h1-13,35H,(H,36,39)(H2,37,38,40). The van der Waals surface area contributed by atoms with Crippen LogP contribution >= 0.6 is 58.6 Å². The summed E-state index contributed by atoms with van der Waals surface area (Å²) in [6.45, 7) is 0. The minimum atomic E-state index is -4.51. The second kappa shape index (κ2) is 12.5. The lowest BCUT2D eigenvalue weighted by atomic mass is 10.1. The molecule has 4 aromatic carbocycles. The maximum atomic E-state index is 13.2. The molecule has 0 atom stereocenters. The van der Waals surface area contributed by atoms with Crippen LogP contribution in [0, 0.1) is 0 Å². The van der Waals surface area contributed by atoms with Crippen molar-refractivity contribution in [3.8, 4) is 0 Å². The van der Waals surface area contributed by atoms with Gasteiger partial charge in [-0.2, -0.15) is 13.2 Å². The number of benzene rings is 4. The van der Waals surface area contributed by atoms with Gasteiger partial charge in [0.1, 0.15) is 0 Å². The lowest BCUT2D eigenvalue weighted by Crippen LogP contribution is -2.19. The van der Waals surface area contributed by atoms with Crippen molar-refractivity contribution in [1.29, 1.82) is 0 Å². The summed E-state index contributed by atoms with van der Waals surface area (Å²) in [6, 6.07) is 18.6. The molecule has 13 heteroatoms. The number of rotatable bonds is 6. The molecule has 40 heavy (non-hydrogen) atoms. The molecular weight excluding hydrogens is 627 g/mol. The minimum Gasteiger partial charge on any atom is -0.355 e. The highest BCUT2D eigenvalue weighted by molar-refractivity contribution is 7.80. The first-order valence-electron chi connectivity index (χ1n) is 11.2.